The molecular formula is C17H24BN2O2-. The minimum absolute atomic E-state index is 0.193. The van der Waals surface area contributed by atoms with Crippen molar-refractivity contribution >= 4 is 23.2 Å². The Labute approximate surface area is 132 Å². The normalized spacial score (nSPS) is 22.6. The molecule has 0 fully saturated rings. The van der Waals surface area contributed by atoms with Crippen molar-refractivity contribution in [2.75, 3.05) is 13.2 Å². The smallest absolute Gasteiger partial charge is 0.203 e. The average molecular weight is 299 g/mol. The van der Waals surface area contributed by atoms with Gasteiger partial charge in [-0.15, -0.1) is 0 Å². The molecule has 0 aliphatic carbocycles. The Balaban J connectivity index is 2.12. The average Bonchev–Trinajstić information content (AvgIpc) is 3.01. The molecule has 0 saturated heterocycles. The zero-order valence-electron chi connectivity index (χ0n) is 14.1. The largest absolute Gasteiger partial charge is 0.518 e. The fraction of sp³-hybridized carbons (Fsp3) is 0.529. The molecule has 0 bridgehead atoms. The highest BCUT2D eigenvalue weighted by Crippen LogP contribution is 2.27. The highest BCUT2D eigenvalue weighted by atomic mass is 16.5. The molecule has 0 unspecified atom stereocenters. The van der Waals surface area contributed by atoms with E-state index in [2.05, 4.69) is 46.7 Å². The maximum atomic E-state index is 5.99. The minimum Gasteiger partial charge on any atom is -0.518 e. The lowest BCUT2D eigenvalue weighted by Gasteiger charge is -2.35. The van der Waals surface area contributed by atoms with Gasteiger partial charge >= 0.3 is 0 Å². The number of hydrogen-bond donors (Lipinski definition) is 0. The van der Waals surface area contributed by atoms with Crippen LogP contribution in [0.3, 0.4) is 0 Å². The molecule has 22 heavy (non-hydrogen) atoms. The number of hydrogen-bond acceptors (Lipinski definition) is 4. The van der Waals surface area contributed by atoms with Crippen LogP contribution in [0.2, 0.25) is 6.82 Å². The first-order valence-electron chi connectivity index (χ1n) is 7.94. The second-order valence-electron chi connectivity index (χ2n) is 7.81. The number of nitrogens with zero attached hydrogens (tertiary/aromatic N) is 2. The standard InChI is InChI=1S/C17H24BN2O2/c1-16(2)11-21-14(19-16)18(5,13-9-7-6-8-10-13)15-20-17(3,4)12-22-15/h6-10H,11-12H2,1-5H3/q-1. The van der Waals surface area contributed by atoms with E-state index < -0.39 is 6.15 Å². The van der Waals surface area contributed by atoms with Crippen LogP contribution in [-0.2, 0) is 9.47 Å². The van der Waals surface area contributed by atoms with Gasteiger partial charge in [0, 0.05) is 11.6 Å². The van der Waals surface area contributed by atoms with Gasteiger partial charge in [0.05, 0.1) is 11.1 Å². The maximum Gasteiger partial charge on any atom is 0.203 e. The molecule has 5 heteroatoms. The van der Waals surface area contributed by atoms with E-state index in [0.29, 0.717) is 13.2 Å². The van der Waals surface area contributed by atoms with Crippen molar-refractivity contribution in [2.45, 2.75) is 45.6 Å². The van der Waals surface area contributed by atoms with Gasteiger partial charge in [-0.25, -0.2) is 0 Å². The molecule has 1 aromatic carbocycles. The van der Waals surface area contributed by atoms with Gasteiger partial charge in [0.2, 0.25) is 6.15 Å². The van der Waals surface area contributed by atoms with E-state index in [1.165, 1.54) is 0 Å². The molecule has 1 aromatic rings. The lowest BCUT2D eigenvalue weighted by atomic mass is 9.22. The summed E-state index contributed by atoms with van der Waals surface area (Å²) in [6.45, 7) is 11.7. The van der Waals surface area contributed by atoms with Crippen LogP contribution in [-0.4, -0.2) is 42.0 Å². The van der Waals surface area contributed by atoms with Crippen molar-refractivity contribution in [3.8, 4) is 0 Å². The maximum absolute atomic E-state index is 5.99. The Morgan fingerprint density at radius 1 is 0.864 bits per heavy atom. The highest BCUT2D eigenvalue weighted by Gasteiger charge is 2.43. The molecule has 0 saturated carbocycles. The zero-order chi connectivity index (χ0) is 16.0. The zero-order valence-corrected chi connectivity index (χ0v) is 14.1. The number of rotatable bonds is 3. The Kier molecular flexibility index (Phi) is 3.35. The van der Waals surface area contributed by atoms with Crippen molar-refractivity contribution in [2.24, 2.45) is 9.98 Å². The van der Waals surface area contributed by atoms with E-state index in [1.807, 2.05) is 18.2 Å². The van der Waals surface area contributed by atoms with Gasteiger partial charge in [-0.05, 0) is 27.7 Å². The van der Waals surface area contributed by atoms with Gasteiger partial charge in [-0.3, -0.25) is 9.98 Å². The van der Waals surface area contributed by atoms with Crippen molar-refractivity contribution < 1.29 is 9.47 Å². The summed E-state index contributed by atoms with van der Waals surface area (Å²) >= 11 is 0. The van der Waals surface area contributed by atoms with Gasteiger partial charge in [0.1, 0.15) is 13.2 Å². The molecule has 0 atom stereocenters. The van der Waals surface area contributed by atoms with Crippen LogP contribution < -0.4 is 5.46 Å². The monoisotopic (exact) mass is 299 g/mol. The van der Waals surface area contributed by atoms with Crippen molar-refractivity contribution in [3.63, 3.8) is 0 Å². The van der Waals surface area contributed by atoms with Crippen LogP contribution in [0.15, 0.2) is 40.3 Å². The molecule has 4 nitrogen and oxygen atoms in total. The van der Waals surface area contributed by atoms with E-state index >= 15 is 0 Å². The Morgan fingerprint density at radius 2 is 1.32 bits per heavy atom. The lowest BCUT2D eigenvalue weighted by molar-refractivity contribution is 0.278. The van der Waals surface area contributed by atoms with E-state index in [9.17, 15) is 0 Å². The number of aliphatic imine (C=N–C) groups is 2. The van der Waals surface area contributed by atoms with Gasteiger partial charge in [-0.2, -0.15) is 12.3 Å². The summed E-state index contributed by atoms with van der Waals surface area (Å²) in [5.74, 6) is 1.51. The third kappa shape index (κ3) is 2.53. The first-order chi connectivity index (χ1) is 10.2. The van der Waals surface area contributed by atoms with E-state index in [4.69, 9.17) is 19.5 Å². The molecule has 0 radical (unpaired) electrons. The highest BCUT2D eigenvalue weighted by molar-refractivity contribution is 7.31. The fourth-order valence-corrected chi connectivity index (χ4v) is 3.05. The Bertz CT molecular complexity index is 601. The van der Waals surface area contributed by atoms with Crippen LogP contribution in [0.5, 0.6) is 0 Å². The van der Waals surface area contributed by atoms with Crippen LogP contribution in [0.4, 0.5) is 0 Å². The third-order valence-corrected chi connectivity index (χ3v) is 4.43. The fourth-order valence-electron chi connectivity index (χ4n) is 3.05. The second kappa shape index (κ2) is 4.87. The minimum atomic E-state index is -1.39. The molecule has 0 aromatic heterocycles. The lowest BCUT2D eigenvalue weighted by Crippen LogP contribution is -2.60. The van der Waals surface area contributed by atoms with Crippen molar-refractivity contribution in [1.29, 1.82) is 0 Å². The second-order valence-corrected chi connectivity index (χ2v) is 7.81. The van der Waals surface area contributed by atoms with Crippen LogP contribution in [0.25, 0.3) is 0 Å². The molecule has 2 aliphatic rings. The molecule has 2 aliphatic heterocycles. The molecule has 3 rings (SSSR count). The van der Waals surface area contributed by atoms with E-state index in [-0.39, 0.29) is 11.1 Å². The topological polar surface area (TPSA) is 43.2 Å². The van der Waals surface area contributed by atoms with E-state index in [1.54, 1.807) is 0 Å². The molecule has 118 valence electrons. The van der Waals surface area contributed by atoms with Crippen LogP contribution in [0.1, 0.15) is 27.7 Å². The quantitative estimate of drug-likeness (QED) is 0.805. The third-order valence-electron chi connectivity index (χ3n) is 4.43. The first-order valence-corrected chi connectivity index (χ1v) is 7.94. The summed E-state index contributed by atoms with van der Waals surface area (Å²) in [5.41, 5.74) is 0.763. The van der Waals surface area contributed by atoms with Crippen LogP contribution >= 0.6 is 0 Å². The van der Waals surface area contributed by atoms with Gasteiger partial charge in [0.15, 0.2) is 0 Å². The predicted octanol–water partition coefficient (Wildman–Crippen LogP) is 2.47. The SMILES string of the molecule is C[B-](C1=NC(C)(C)CO1)(C1=NC(C)(C)CO1)c1ccccc1. The van der Waals surface area contributed by atoms with E-state index in [0.717, 1.165) is 17.1 Å². The Hall–Kier alpha value is -1.78. The summed E-state index contributed by atoms with van der Waals surface area (Å²) in [4.78, 5) is 9.65. The van der Waals surface area contributed by atoms with Gasteiger partial charge in [0.25, 0.3) is 0 Å². The van der Waals surface area contributed by atoms with Gasteiger partial charge < -0.3 is 9.47 Å². The van der Waals surface area contributed by atoms with Crippen molar-refractivity contribution in [1.82, 2.24) is 0 Å². The first kappa shape index (κ1) is 15.1. The summed E-state index contributed by atoms with van der Waals surface area (Å²) in [6.07, 6.45) is -1.39. The van der Waals surface area contributed by atoms with Crippen molar-refractivity contribution in [3.05, 3.63) is 30.3 Å². The molecule has 2 heterocycles. The number of ether oxygens (including phenoxy) is 2. The summed E-state index contributed by atoms with van der Waals surface area (Å²) < 4.78 is 12.0. The summed E-state index contributed by atoms with van der Waals surface area (Å²) in [7, 11) is 0. The molecular weight excluding hydrogens is 275 g/mol. The summed E-state index contributed by atoms with van der Waals surface area (Å²) in [5, 5.41) is 0. The predicted molar refractivity (Wildman–Crippen MR) is 92.6 cm³/mol. The van der Waals surface area contributed by atoms with Crippen LogP contribution in [0, 0.1) is 0 Å². The molecule has 0 amide bonds. The number of benzene rings is 1. The summed E-state index contributed by atoms with van der Waals surface area (Å²) in [6, 6.07) is 10.3. The molecule has 0 spiro atoms. The van der Waals surface area contributed by atoms with Gasteiger partial charge in [-0.1, -0.05) is 30.3 Å². The Morgan fingerprint density at radius 3 is 1.68 bits per heavy atom. The molecule has 0 N–H and O–H groups in total.